The molecule has 3 heterocycles. The van der Waals surface area contributed by atoms with Gasteiger partial charge in [0.05, 0.1) is 11.5 Å². The van der Waals surface area contributed by atoms with E-state index in [-0.39, 0.29) is 17.0 Å². The normalized spacial score (nSPS) is 31.0. The Kier molecular flexibility index (Phi) is 4.01. The number of aliphatic hydroxyl groups is 2. The van der Waals surface area contributed by atoms with Crippen LogP contribution in [0.3, 0.4) is 0 Å². The highest BCUT2D eigenvalue weighted by molar-refractivity contribution is 6.30. The molecule has 0 bridgehead atoms. The minimum atomic E-state index is -2.62. The second-order valence-corrected chi connectivity index (χ2v) is 5.73. The summed E-state index contributed by atoms with van der Waals surface area (Å²) in [5.74, 6) is 1.92. The largest absolute Gasteiger partial charge is 0.391 e. The number of H-pyrrole nitrogens is 1. The number of halogens is 2. The molecule has 0 spiro atoms. The first kappa shape index (κ1) is 16.7. The molecule has 5 atom stereocenters. The summed E-state index contributed by atoms with van der Waals surface area (Å²) in [5.41, 5.74) is 2.46. The number of aromatic nitrogens is 3. The number of aromatic amines is 1. The molecule has 0 aliphatic carbocycles. The van der Waals surface area contributed by atoms with Gasteiger partial charge in [-0.2, -0.15) is 4.98 Å². The predicted molar refractivity (Wildman–Crippen MR) is 83.8 cm³/mol. The number of hydrogen-bond acceptors (Lipinski definition) is 6. The number of anilines is 1. The zero-order valence-corrected chi connectivity index (χ0v) is 13.2. The molecule has 1 saturated heterocycles. The monoisotopic (exact) mass is 356 g/mol. The number of hydrogen-bond donors (Lipinski definition) is 4. The summed E-state index contributed by atoms with van der Waals surface area (Å²) < 4.78 is 22.0. The van der Waals surface area contributed by atoms with Crippen molar-refractivity contribution < 1.29 is 19.3 Å². The fraction of sp³-hybridized carbons (Fsp3) is 0.429. The van der Waals surface area contributed by atoms with Crippen LogP contribution in [0.4, 0.5) is 10.3 Å². The predicted octanol–water partition coefficient (Wildman–Crippen LogP) is -0.146. The van der Waals surface area contributed by atoms with E-state index in [9.17, 15) is 15.0 Å². The van der Waals surface area contributed by atoms with Crippen molar-refractivity contribution in [1.29, 1.82) is 0 Å². The van der Waals surface area contributed by atoms with Gasteiger partial charge in [0.2, 0.25) is 11.6 Å². The molecule has 3 rings (SSSR count). The van der Waals surface area contributed by atoms with E-state index in [2.05, 4.69) is 15.9 Å². The summed E-state index contributed by atoms with van der Waals surface area (Å²) in [4.78, 5) is 18.2. The van der Waals surface area contributed by atoms with Crippen molar-refractivity contribution in [2.75, 3.05) is 5.73 Å². The topological polar surface area (TPSA) is 126 Å². The molecule has 0 radical (unpaired) electrons. The summed E-state index contributed by atoms with van der Waals surface area (Å²) in [6.45, 7) is 1.35. The van der Waals surface area contributed by atoms with Crippen molar-refractivity contribution in [1.82, 2.24) is 14.5 Å². The second-order valence-electron chi connectivity index (χ2n) is 5.54. The third kappa shape index (κ3) is 2.35. The molecule has 5 N–H and O–H groups in total. The van der Waals surface area contributed by atoms with Crippen LogP contribution in [0.5, 0.6) is 0 Å². The van der Waals surface area contributed by atoms with Gasteiger partial charge >= 0.3 is 0 Å². The van der Waals surface area contributed by atoms with Crippen LogP contribution >= 0.6 is 11.6 Å². The second kappa shape index (κ2) is 5.75. The Bertz CT molecular complexity index is 902. The lowest BCUT2D eigenvalue weighted by Gasteiger charge is -2.24. The van der Waals surface area contributed by atoms with Crippen LogP contribution in [0.25, 0.3) is 11.0 Å². The first-order chi connectivity index (χ1) is 11.3. The van der Waals surface area contributed by atoms with E-state index in [1.807, 2.05) is 5.38 Å². The smallest absolute Gasteiger partial charge is 0.261 e. The lowest BCUT2D eigenvalue weighted by molar-refractivity contribution is -0.0775. The first-order valence-electron chi connectivity index (χ1n) is 6.99. The van der Waals surface area contributed by atoms with Crippen LogP contribution in [0.15, 0.2) is 17.1 Å². The number of nitrogens with one attached hydrogen (secondary N) is 1. The lowest BCUT2D eigenvalue weighted by Crippen LogP contribution is -2.44. The van der Waals surface area contributed by atoms with Gasteiger partial charge in [-0.25, -0.2) is 4.39 Å². The average molecular weight is 357 g/mol. The molecule has 1 aliphatic heterocycles. The molecule has 2 aromatic rings. The van der Waals surface area contributed by atoms with Crippen molar-refractivity contribution >= 4 is 28.6 Å². The minimum Gasteiger partial charge on any atom is -0.391 e. The molecule has 2 unspecified atom stereocenters. The van der Waals surface area contributed by atoms with Crippen LogP contribution < -0.4 is 11.3 Å². The molecule has 8 nitrogen and oxygen atoms in total. The van der Waals surface area contributed by atoms with Crippen LogP contribution in [0.2, 0.25) is 0 Å². The van der Waals surface area contributed by atoms with Gasteiger partial charge in [-0.3, -0.25) is 9.78 Å². The lowest BCUT2D eigenvalue weighted by atomic mass is 9.95. The van der Waals surface area contributed by atoms with Gasteiger partial charge < -0.3 is 25.3 Å². The molecule has 1 fully saturated rings. The number of aliphatic hydroxyl groups excluding tert-OH is 2. The molecule has 0 saturated carbocycles. The van der Waals surface area contributed by atoms with E-state index in [0.717, 1.165) is 0 Å². The molecule has 2 aromatic heterocycles. The standard InChI is InChI=1S/C14H14ClFN4O4/c1-6(21)8-9(22)14(16,3-4-15)12(24-8)20-5-2-7-10(20)18-13(17)19-11(7)23/h2,5-6,8-9,12,21-22H,1H3,(H3,17,18,19,23)/t6-,8?,9?,12-,14-/m1/s1. The molecule has 0 aromatic carbocycles. The molecule has 1 aliphatic rings. The Labute approximate surface area is 140 Å². The van der Waals surface area contributed by atoms with Crippen LogP contribution in [0, 0.1) is 11.3 Å². The summed E-state index contributed by atoms with van der Waals surface area (Å²) in [6, 6.07) is 1.40. The summed E-state index contributed by atoms with van der Waals surface area (Å²) in [7, 11) is 0. The van der Waals surface area contributed by atoms with Gasteiger partial charge in [-0.1, -0.05) is 0 Å². The number of nitrogen functional groups attached to an aromatic ring is 1. The SMILES string of the molecule is C[C@@H](O)C1O[C@@H](n2ccc3c(=O)[nH]c(N)nc32)[C@@](F)(C#CCl)C1O. The Hall–Kier alpha value is -2.12. The Balaban J connectivity index is 2.20. The fourth-order valence-electron chi connectivity index (χ4n) is 2.81. The number of nitrogens with zero attached hydrogens (tertiary/aromatic N) is 2. The van der Waals surface area contributed by atoms with Crippen molar-refractivity contribution in [2.45, 2.75) is 37.1 Å². The third-order valence-corrected chi connectivity index (χ3v) is 4.05. The highest BCUT2D eigenvalue weighted by atomic mass is 35.5. The first-order valence-corrected chi connectivity index (χ1v) is 7.37. The van der Waals surface area contributed by atoms with Crippen molar-refractivity contribution in [3.05, 3.63) is 22.6 Å². The van der Waals surface area contributed by atoms with E-state index < -0.39 is 35.8 Å². The van der Waals surface area contributed by atoms with Gasteiger partial charge in [-0.15, -0.1) is 0 Å². The maximum absolute atomic E-state index is 15.4. The summed E-state index contributed by atoms with van der Waals surface area (Å²) in [5, 5.41) is 22.0. The van der Waals surface area contributed by atoms with E-state index in [4.69, 9.17) is 22.1 Å². The van der Waals surface area contributed by atoms with E-state index >= 15 is 4.39 Å². The quantitative estimate of drug-likeness (QED) is 0.554. The molecule has 10 heteroatoms. The minimum absolute atomic E-state index is 0.0538. The fourth-order valence-corrected chi connectivity index (χ4v) is 2.96. The van der Waals surface area contributed by atoms with Crippen LogP contribution in [-0.4, -0.2) is 48.7 Å². The number of ether oxygens (including phenoxy) is 1. The van der Waals surface area contributed by atoms with Crippen molar-refractivity contribution in [3.8, 4) is 11.3 Å². The van der Waals surface area contributed by atoms with Gasteiger partial charge in [0.15, 0.2) is 11.9 Å². The van der Waals surface area contributed by atoms with Crippen LogP contribution in [0.1, 0.15) is 13.2 Å². The maximum atomic E-state index is 15.4. The highest BCUT2D eigenvalue weighted by Gasteiger charge is 2.59. The van der Waals surface area contributed by atoms with Crippen molar-refractivity contribution in [3.63, 3.8) is 0 Å². The van der Waals surface area contributed by atoms with Gasteiger partial charge in [0.1, 0.15) is 12.2 Å². The van der Waals surface area contributed by atoms with Crippen LogP contribution in [-0.2, 0) is 4.74 Å². The Morgan fingerprint density at radius 2 is 2.38 bits per heavy atom. The molecule has 0 amide bonds. The molecule has 128 valence electrons. The van der Waals surface area contributed by atoms with Gasteiger partial charge in [0.25, 0.3) is 5.56 Å². The Morgan fingerprint density at radius 1 is 1.67 bits per heavy atom. The average Bonchev–Trinajstić information content (AvgIpc) is 3.00. The Morgan fingerprint density at radius 3 is 3.00 bits per heavy atom. The van der Waals surface area contributed by atoms with E-state index in [0.29, 0.717) is 0 Å². The van der Waals surface area contributed by atoms with E-state index in [1.54, 1.807) is 0 Å². The molecule has 24 heavy (non-hydrogen) atoms. The highest BCUT2D eigenvalue weighted by Crippen LogP contribution is 2.43. The van der Waals surface area contributed by atoms with Gasteiger partial charge in [-0.05, 0) is 30.5 Å². The molecular formula is C14H14ClFN4O4. The number of rotatable bonds is 2. The number of fused-ring (bicyclic) bond motifs is 1. The maximum Gasteiger partial charge on any atom is 0.261 e. The third-order valence-electron chi connectivity index (χ3n) is 3.95. The zero-order chi connectivity index (χ0) is 17.6. The molecular weight excluding hydrogens is 343 g/mol. The zero-order valence-electron chi connectivity index (χ0n) is 12.4. The van der Waals surface area contributed by atoms with Crippen molar-refractivity contribution in [2.24, 2.45) is 0 Å². The summed E-state index contributed by atoms with van der Waals surface area (Å²) >= 11 is 5.33. The van der Waals surface area contributed by atoms with E-state index in [1.165, 1.54) is 23.8 Å². The number of alkyl halides is 1. The van der Waals surface area contributed by atoms with Gasteiger partial charge in [0, 0.05) is 11.6 Å². The number of nitrogens with two attached hydrogens (primary N) is 1. The summed E-state index contributed by atoms with van der Waals surface area (Å²) in [6.07, 6.45) is -4.29.